The minimum absolute atomic E-state index is 0.0333. The highest BCUT2D eigenvalue weighted by Crippen LogP contribution is 2.40. The molecule has 2 aromatic rings. The first kappa shape index (κ1) is 20.9. The second-order valence-electron chi connectivity index (χ2n) is 6.75. The number of anilines is 2. The molecule has 1 atom stereocenters. The van der Waals surface area contributed by atoms with Crippen molar-refractivity contribution in [2.45, 2.75) is 19.8 Å². The van der Waals surface area contributed by atoms with E-state index in [1.807, 2.05) is 24.1 Å². The maximum atomic E-state index is 13.6. The summed E-state index contributed by atoms with van der Waals surface area (Å²) in [7, 11) is 1.82. The number of carbonyl (C=O) groups is 1. The van der Waals surface area contributed by atoms with Crippen LogP contribution < -0.4 is 10.6 Å². The Morgan fingerprint density at radius 2 is 1.97 bits per heavy atom. The number of esters is 1. The van der Waals surface area contributed by atoms with Crippen molar-refractivity contribution in [3.05, 3.63) is 82.7 Å². The van der Waals surface area contributed by atoms with Crippen molar-refractivity contribution in [1.29, 1.82) is 5.26 Å². The van der Waals surface area contributed by atoms with Crippen LogP contribution in [0.4, 0.5) is 15.8 Å². The summed E-state index contributed by atoms with van der Waals surface area (Å²) in [5, 5.41) is 9.64. The van der Waals surface area contributed by atoms with E-state index >= 15 is 0 Å². The fourth-order valence-electron chi connectivity index (χ4n) is 3.41. The quantitative estimate of drug-likeness (QED) is 0.746. The zero-order chi connectivity index (χ0) is 21.8. The molecule has 2 aromatic carbocycles. The van der Waals surface area contributed by atoms with Gasteiger partial charge in [-0.05, 0) is 49.7 Å². The van der Waals surface area contributed by atoms with E-state index in [1.54, 1.807) is 38.1 Å². The van der Waals surface area contributed by atoms with Gasteiger partial charge in [0.25, 0.3) is 0 Å². The molecule has 0 aliphatic carbocycles. The lowest BCUT2D eigenvalue weighted by molar-refractivity contribution is -0.139. The van der Waals surface area contributed by atoms with Crippen LogP contribution in [0, 0.1) is 17.1 Å². The summed E-state index contributed by atoms with van der Waals surface area (Å²) >= 11 is 0. The van der Waals surface area contributed by atoms with Crippen LogP contribution in [0.5, 0.6) is 0 Å². The van der Waals surface area contributed by atoms with Gasteiger partial charge >= 0.3 is 5.97 Å². The monoisotopic (exact) mass is 407 g/mol. The minimum atomic E-state index is -0.698. The van der Waals surface area contributed by atoms with E-state index in [9.17, 15) is 14.4 Å². The number of rotatable bonds is 5. The van der Waals surface area contributed by atoms with Crippen molar-refractivity contribution in [1.82, 2.24) is 0 Å². The molecule has 2 N–H and O–H groups in total. The van der Waals surface area contributed by atoms with Crippen LogP contribution >= 0.6 is 0 Å². The highest BCUT2D eigenvalue weighted by atomic mass is 19.1. The summed E-state index contributed by atoms with van der Waals surface area (Å²) in [5.41, 5.74) is 8.50. The van der Waals surface area contributed by atoms with E-state index in [1.165, 1.54) is 12.1 Å². The Balaban J connectivity index is 2.00. The van der Waals surface area contributed by atoms with Crippen LogP contribution in [0.25, 0.3) is 0 Å². The van der Waals surface area contributed by atoms with Crippen LogP contribution in [0.15, 0.2) is 71.3 Å². The molecule has 0 fully saturated rings. The van der Waals surface area contributed by atoms with Crippen molar-refractivity contribution in [2.24, 2.45) is 5.73 Å². The van der Waals surface area contributed by atoms with Gasteiger partial charge in [-0.25, -0.2) is 9.18 Å². The van der Waals surface area contributed by atoms with Crippen molar-refractivity contribution in [3.8, 4) is 6.07 Å². The third-order valence-corrected chi connectivity index (χ3v) is 4.91. The third-order valence-electron chi connectivity index (χ3n) is 4.91. The SMILES string of the molecule is CCOC(=O)C1=C(C)OC(N)=C(C#N)C1c1ccc(N(C)c2cccc(F)c2)cc1. The van der Waals surface area contributed by atoms with Gasteiger partial charge in [-0.3, -0.25) is 0 Å². The Kier molecular flexibility index (Phi) is 6.07. The molecule has 0 saturated heterocycles. The molecule has 30 heavy (non-hydrogen) atoms. The summed E-state index contributed by atoms with van der Waals surface area (Å²) in [5.74, 6) is -1.31. The molecule has 0 aromatic heterocycles. The number of hydrogen-bond acceptors (Lipinski definition) is 6. The minimum Gasteiger partial charge on any atom is -0.463 e. The standard InChI is InChI=1S/C23H22FN3O3/c1-4-29-23(28)20-14(2)30-22(26)19(13-25)21(20)15-8-10-17(11-9-15)27(3)18-7-5-6-16(24)12-18/h5-12,21H,4,26H2,1-3H3. The van der Waals surface area contributed by atoms with E-state index in [2.05, 4.69) is 6.07 Å². The lowest BCUT2D eigenvalue weighted by Gasteiger charge is -2.27. The first-order chi connectivity index (χ1) is 14.4. The molecule has 154 valence electrons. The van der Waals surface area contributed by atoms with E-state index in [0.29, 0.717) is 17.0 Å². The Morgan fingerprint density at radius 1 is 1.27 bits per heavy atom. The van der Waals surface area contributed by atoms with Crippen LogP contribution in [0.1, 0.15) is 25.3 Å². The lowest BCUT2D eigenvalue weighted by Crippen LogP contribution is -2.25. The number of ether oxygens (including phenoxy) is 2. The number of nitrogens with zero attached hydrogens (tertiary/aromatic N) is 2. The van der Waals surface area contributed by atoms with Crippen LogP contribution in [-0.2, 0) is 14.3 Å². The molecule has 0 amide bonds. The molecule has 1 heterocycles. The average Bonchev–Trinajstić information content (AvgIpc) is 2.73. The lowest BCUT2D eigenvalue weighted by atomic mass is 9.83. The van der Waals surface area contributed by atoms with Crippen molar-refractivity contribution >= 4 is 17.3 Å². The highest BCUT2D eigenvalue weighted by Gasteiger charge is 2.36. The van der Waals surface area contributed by atoms with Gasteiger partial charge in [0.1, 0.15) is 23.2 Å². The normalized spacial score (nSPS) is 16.0. The predicted molar refractivity (Wildman–Crippen MR) is 111 cm³/mol. The van der Waals surface area contributed by atoms with E-state index in [-0.39, 0.29) is 29.5 Å². The van der Waals surface area contributed by atoms with Gasteiger partial charge in [-0.1, -0.05) is 18.2 Å². The van der Waals surface area contributed by atoms with Gasteiger partial charge in [0.15, 0.2) is 0 Å². The molecule has 0 spiro atoms. The average molecular weight is 407 g/mol. The van der Waals surface area contributed by atoms with Gasteiger partial charge in [0, 0.05) is 18.4 Å². The Labute approximate surface area is 174 Å². The highest BCUT2D eigenvalue weighted by molar-refractivity contribution is 5.92. The second-order valence-corrected chi connectivity index (χ2v) is 6.75. The number of carbonyl (C=O) groups excluding carboxylic acids is 1. The molecule has 7 heteroatoms. The molecule has 1 aliphatic heterocycles. The molecule has 0 saturated carbocycles. The molecule has 0 bridgehead atoms. The number of halogens is 1. The van der Waals surface area contributed by atoms with Gasteiger partial charge in [0.2, 0.25) is 5.88 Å². The zero-order valence-electron chi connectivity index (χ0n) is 17.0. The first-order valence-electron chi connectivity index (χ1n) is 9.42. The Morgan fingerprint density at radius 3 is 2.57 bits per heavy atom. The van der Waals surface area contributed by atoms with Crippen LogP contribution in [0.3, 0.4) is 0 Å². The number of nitrogens with two attached hydrogens (primary N) is 1. The van der Waals surface area contributed by atoms with E-state index in [0.717, 1.165) is 5.69 Å². The summed E-state index contributed by atoms with van der Waals surface area (Å²) in [4.78, 5) is 14.4. The zero-order valence-corrected chi connectivity index (χ0v) is 17.0. The first-order valence-corrected chi connectivity index (χ1v) is 9.42. The van der Waals surface area contributed by atoms with Crippen molar-refractivity contribution in [2.75, 3.05) is 18.6 Å². The summed E-state index contributed by atoms with van der Waals surface area (Å²) in [6, 6.07) is 15.6. The maximum Gasteiger partial charge on any atom is 0.338 e. The van der Waals surface area contributed by atoms with Crippen LogP contribution in [-0.4, -0.2) is 19.6 Å². The smallest absolute Gasteiger partial charge is 0.338 e. The second kappa shape index (κ2) is 8.70. The fraction of sp³-hybridized carbons (Fsp3) is 0.217. The van der Waals surface area contributed by atoms with Gasteiger partial charge in [-0.15, -0.1) is 0 Å². The Bertz CT molecular complexity index is 1070. The number of hydrogen-bond donors (Lipinski definition) is 1. The molecule has 0 radical (unpaired) electrons. The molecular formula is C23H22FN3O3. The van der Waals surface area contributed by atoms with E-state index in [4.69, 9.17) is 15.2 Å². The molecule has 1 aliphatic rings. The fourth-order valence-corrected chi connectivity index (χ4v) is 3.41. The molecule has 1 unspecified atom stereocenters. The van der Waals surface area contributed by atoms with Crippen molar-refractivity contribution < 1.29 is 18.7 Å². The molecule has 6 nitrogen and oxygen atoms in total. The largest absolute Gasteiger partial charge is 0.463 e. The molecule has 3 rings (SSSR count). The third kappa shape index (κ3) is 3.98. The number of nitriles is 1. The summed E-state index contributed by atoms with van der Waals surface area (Å²) in [6.45, 7) is 3.52. The topological polar surface area (TPSA) is 88.6 Å². The van der Waals surface area contributed by atoms with E-state index < -0.39 is 11.9 Å². The number of allylic oxidation sites excluding steroid dienone is 2. The van der Waals surface area contributed by atoms with Gasteiger partial charge < -0.3 is 20.1 Å². The summed E-state index contributed by atoms with van der Waals surface area (Å²) < 4.78 is 24.1. The molecular weight excluding hydrogens is 385 g/mol. The van der Waals surface area contributed by atoms with Crippen molar-refractivity contribution in [3.63, 3.8) is 0 Å². The summed E-state index contributed by atoms with van der Waals surface area (Å²) in [6.07, 6.45) is 0. The number of benzene rings is 2. The van der Waals surface area contributed by atoms with Gasteiger partial charge in [0.05, 0.1) is 18.1 Å². The maximum absolute atomic E-state index is 13.6. The van der Waals surface area contributed by atoms with Gasteiger partial charge in [-0.2, -0.15) is 5.26 Å². The van der Waals surface area contributed by atoms with Crippen LogP contribution in [0.2, 0.25) is 0 Å². The Hall–Kier alpha value is -3.79. The predicted octanol–water partition coefficient (Wildman–Crippen LogP) is 4.24.